The van der Waals surface area contributed by atoms with Crippen LogP contribution in [0.5, 0.6) is 0 Å². The Hall–Kier alpha value is -0.410. The van der Waals surface area contributed by atoms with Crippen molar-refractivity contribution < 1.29 is 0 Å². The van der Waals surface area contributed by atoms with Crippen LogP contribution >= 0.6 is 15.9 Å². The van der Waals surface area contributed by atoms with Gasteiger partial charge in [-0.3, -0.25) is 0 Å². The lowest BCUT2D eigenvalue weighted by molar-refractivity contribution is 0.633. The van der Waals surface area contributed by atoms with Gasteiger partial charge < -0.3 is 5.73 Å². The largest absolute Gasteiger partial charge is 0.324 e. The lowest BCUT2D eigenvalue weighted by Gasteiger charge is -2.11. The van der Waals surface area contributed by atoms with E-state index in [-0.39, 0.29) is 6.04 Å². The van der Waals surface area contributed by atoms with Crippen molar-refractivity contribution in [3.63, 3.8) is 0 Å². The van der Waals surface area contributed by atoms with Crippen LogP contribution in [0.25, 0.3) is 0 Å². The Bertz CT molecular complexity index is 250. The number of nitrogens with zero attached hydrogens (tertiary/aromatic N) is 1. The fraction of sp³-hybridized carbons (Fsp3) is 0.444. The van der Waals surface area contributed by atoms with E-state index in [9.17, 15) is 0 Å². The second-order valence-electron chi connectivity index (χ2n) is 2.78. The minimum absolute atomic E-state index is 0.109. The summed E-state index contributed by atoms with van der Waals surface area (Å²) in [7, 11) is 0. The minimum atomic E-state index is 0.109. The Labute approximate surface area is 81.3 Å². The fourth-order valence-corrected chi connectivity index (χ4v) is 1.69. The summed E-state index contributed by atoms with van der Waals surface area (Å²) in [6, 6.07) is 4.03. The molecule has 0 spiro atoms. The van der Waals surface area contributed by atoms with Crippen LogP contribution in [0.15, 0.2) is 22.9 Å². The van der Waals surface area contributed by atoms with Gasteiger partial charge in [-0.2, -0.15) is 0 Å². The van der Waals surface area contributed by atoms with Gasteiger partial charge in [0.15, 0.2) is 0 Å². The van der Waals surface area contributed by atoms with E-state index >= 15 is 0 Å². The molecule has 1 aromatic rings. The van der Waals surface area contributed by atoms with Crippen LogP contribution < -0.4 is 5.73 Å². The Morgan fingerprint density at radius 1 is 1.67 bits per heavy atom. The lowest BCUT2D eigenvalue weighted by atomic mass is 10.1. The number of hydrogen-bond donors (Lipinski definition) is 1. The van der Waals surface area contributed by atoms with E-state index in [1.54, 1.807) is 6.20 Å². The Kier molecular flexibility index (Phi) is 3.69. The molecule has 0 unspecified atom stereocenters. The standard InChI is InChI=1S/C9H13BrN2/c1-2-4-8(11)7-5-3-6-12-9(7)10/h3,5-6,8H,2,4,11H2,1H3/t8-/m1/s1. The van der Waals surface area contributed by atoms with Gasteiger partial charge in [0.05, 0.1) is 0 Å². The number of hydrogen-bond acceptors (Lipinski definition) is 2. The van der Waals surface area contributed by atoms with Crippen molar-refractivity contribution in [1.29, 1.82) is 0 Å². The monoisotopic (exact) mass is 228 g/mol. The molecule has 0 aliphatic carbocycles. The highest BCUT2D eigenvalue weighted by Crippen LogP contribution is 2.21. The molecule has 0 radical (unpaired) electrons. The van der Waals surface area contributed by atoms with Gasteiger partial charge in [-0.05, 0) is 28.4 Å². The van der Waals surface area contributed by atoms with Gasteiger partial charge in [0.1, 0.15) is 4.60 Å². The molecule has 0 fully saturated rings. The molecule has 0 saturated carbocycles. The third-order valence-corrected chi connectivity index (χ3v) is 2.45. The van der Waals surface area contributed by atoms with E-state index in [0.29, 0.717) is 0 Å². The van der Waals surface area contributed by atoms with Crippen molar-refractivity contribution in [3.8, 4) is 0 Å². The van der Waals surface area contributed by atoms with Crippen molar-refractivity contribution in [2.24, 2.45) is 5.73 Å². The molecular formula is C9H13BrN2. The zero-order chi connectivity index (χ0) is 8.97. The molecule has 1 atom stereocenters. The van der Waals surface area contributed by atoms with Gasteiger partial charge in [-0.15, -0.1) is 0 Å². The minimum Gasteiger partial charge on any atom is -0.324 e. The predicted octanol–water partition coefficient (Wildman–Crippen LogP) is 2.64. The number of halogens is 1. The zero-order valence-corrected chi connectivity index (χ0v) is 8.71. The average molecular weight is 229 g/mol. The predicted molar refractivity (Wildman–Crippen MR) is 53.8 cm³/mol. The molecule has 2 N–H and O–H groups in total. The van der Waals surface area contributed by atoms with Crippen LogP contribution in [0.4, 0.5) is 0 Å². The van der Waals surface area contributed by atoms with Gasteiger partial charge >= 0.3 is 0 Å². The van der Waals surface area contributed by atoms with E-state index < -0.39 is 0 Å². The Morgan fingerprint density at radius 3 is 3.00 bits per heavy atom. The maximum absolute atomic E-state index is 5.94. The van der Waals surface area contributed by atoms with Gasteiger partial charge in [-0.1, -0.05) is 19.4 Å². The van der Waals surface area contributed by atoms with Crippen molar-refractivity contribution in [2.75, 3.05) is 0 Å². The van der Waals surface area contributed by atoms with E-state index in [2.05, 4.69) is 27.8 Å². The third kappa shape index (κ3) is 2.29. The number of nitrogens with two attached hydrogens (primary N) is 1. The summed E-state index contributed by atoms with van der Waals surface area (Å²) >= 11 is 3.38. The first kappa shape index (κ1) is 9.68. The summed E-state index contributed by atoms with van der Waals surface area (Å²) < 4.78 is 0.867. The van der Waals surface area contributed by atoms with Crippen LogP contribution in [-0.2, 0) is 0 Å². The van der Waals surface area contributed by atoms with E-state index in [1.165, 1.54) is 0 Å². The molecule has 0 aliphatic rings. The van der Waals surface area contributed by atoms with Gasteiger partial charge in [-0.25, -0.2) is 4.98 Å². The molecule has 3 heteroatoms. The smallest absolute Gasteiger partial charge is 0.110 e. The molecule has 1 aromatic heterocycles. The average Bonchev–Trinajstić information content (AvgIpc) is 2.05. The normalized spacial score (nSPS) is 12.9. The fourth-order valence-electron chi connectivity index (χ4n) is 1.14. The number of pyridine rings is 1. The zero-order valence-electron chi connectivity index (χ0n) is 7.13. The maximum Gasteiger partial charge on any atom is 0.110 e. The molecule has 0 aromatic carbocycles. The molecule has 12 heavy (non-hydrogen) atoms. The summed E-state index contributed by atoms with van der Waals surface area (Å²) in [4.78, 5) is 4.12. The second-order valence-corrected chi connectivity index (χ2v) is 3.53. The molecule has 0 saturated heterocycles. The molecule has 0 amide bonds. The maximum atomic E-state index is 5.94. The molecule has 0 bridgehead atoms. The number of rotatable bonds is 3. The quantitative estimate of drug-likeness (QED) is 0.809. The van der Waals surface area contributed by atoms with Gasteiger partial charge in [0.2, 0.25) is 0 Å². The number of aromatic nitrogens is 1. The highest BCUT2D eigenvalue weighted by atomic mass is 79.9. The summed E-state index contributed by atoms with van der Waals surface area (Å²) in [6.07, 6.45) is 3.86. The molecule has 1 heterocycles. The van der Waals surface area contributed by atoms with Crippen LogP contribution in [0.2, 0.25) is 0 Å². The van der Waals surface area contributed by atoms with Crippen molar-refractivity contribution in [2.45, 2.75) is 25.8 Å². The Morgan fingerprint density at radius 2 is 2.42 bits per heavy atom. The van der Waals surface area contributed by atoms with Crippen LogP contribution in [0.1, 0.15) is 31.4 Å². The Balaban J connectivity index is 2.79. The highest BCUT2D eigenvalue weighted by molar-refractivity contribution is 9.10. The van der Waals surface area contributed by atoms with E-state index in [0.717, 1.165) is 23.0 Å². The first-order valence-corrected chi connectivity index (χ1v) is 4.91. The molecular weight excluding hydrogens is 216 g/mol. The molecule has 2 nitrogen and oxygen atoms in total. The van der Waals surface area contributed by atoms with Crippen LogP contribution in [-0.4, -0.2) is 4.98 Å². The molecule has 66 valence electrons. The first-order chi connectivity index (χ1) is 5.75. The van der Waals surface area contributed by atoms with E-state index in [1.807, 2.05) is 12.1 Å². The highest BCUT2D eigenvalue weighted by Gasteiger charge is 2.07. The molecule has 1 rings (SSSR count). The van der Waals surface area contributed by atoms with Crippen molar-refractivity contribution >= 4 is 15.9 Å². The van der Waals surface area contributed by atoms with Crippen LogP contribution in [0.3, 0.4) is 0 Å². The topological polar surface area (TPSA) is 38.9 Å². The van der Waals surface area contributed by atoms with Gasteiger partial charge in [0, 0.05) is 17.8 Å². The lowest BCUT2D eigenvalue weighted by Crippen LogP contribution is -2.10. The first-order valence-electron chi connectivity index (χ1n) is 4.11. The summed E-state index contributed by atoms with van der Waals surface area (Å²) in [6.45, 7) is 2.13. The SMILES string of the molecule is CCC[C@@H](N)c1cccnc1Br. The third-order valence-electron chi connectivity index (χ3n) is 1.79. The van der Waals surface area contributed by atoms with Crippen LogP contribution in [0, 0.1) is 0 Å². The van der Waals surface area contributed by atoms with Crippen molar-refractivity contribution in [1.82, 2.24) is 4.98 Å². The van der Waals surface area contributed by atoms with Gasteiger partial charge in [0.25, 0.3) is 0 Å². The summed E-state index contributed by atoms with van der Waals surface area (Å²) in [5, 5.41) is 0. The summed E-state index contributed by atoms with van der Waals surface area (Å²) in [5.74, 6) is 0. The summed E-state index contributed by atoms with van der Waals surface area (Å²) in [5.41, 5.74) is 7.03. The van der Waals surface area contributed by atoms with Crippen molar-refractivity contribution in [3.05, 3.63) is 28.5 Å². The van der Waals surface area contributed by atoms with E-state index in [4.69, 9.17) is 5.73 Å². The second kappa shape index (κ2) is 4.58. The molecule has 0 aliphatic heterocycles.